The van der Waals surface area contributed by atoms with Gasteiger partial charge in [0.25, 0.3) is 0 Å². The second kappa shape index (κ2) is 7.82. The molecule has 1 saturated heterocycles. The largest absolute Gasteiger partial charge is 0.444 e. The van der Waals surface area contributed by atoms with E-state index in [4.69, 9.17) is 4.74 Å². The number of amides is 1. The van der Waals surface area contributed by atoms with Gasteiger partial charge < -0.3 is 15.0 Å². The first-order chi connectivity index (χ1) is 10.9. The van der Waals surface area contributed by atoms with Crippen molar-refractivity contribution in [2.24, 2.45) is 5.92 Å². The summed E-state index contributed by atoms with van der Waals surface area (Å²) in [6.45, 7) is 11.3. The van der Waals surface area contributed by atoms with Gasteiger partial charge in [0, 0.05) is 26.2 Å². The number of likely N-dealkylation sites (tertiary alicyclic amines) is 1. The van der Waals surface area contributed by atoms with Crippen molar-refractivity contribution in [1.29, 1.82) is 0 Å². The van der Waals surface area contributed by atoms with Gasteiger partial charge in [-0.3, -0.25) is 0 Å². The second-order valence-corrected chi connectivity index (χ2v) is 7.38. The van der Waals surface area contributed by atoms with E-state index in [1.54, 1.807) is 0 Å². The van der Waals surface area contributed by atoms with Gasteiger partial charge in [-0.1, -0.05) is 31.2 Å². The Balaban J connectivity index is 1.70. The molecule has 128 valence electrons. The van der Waals surface area contributed by atoms with Crippen LogP contribution in [0.1, 0.15) is 45.2 Å². The average molecular weight is 318 g/mol. The minimum atomic E-state index is -0.419. The number of benzene rings is 1. The molecule has 1 amide bonds. The maximum absolute atomic E-state index is 12.0. The van der Waals surface area contributed by atoms with E-state index >= 15 is 0 Å². The van der Waals surface area contributed by atoms with Crippen molar-refractivity contribution in [3.8, 4) is 0 Å². The molecular formula is C19H30N2O2. The van der Waals surface area contributed by atoms with E-state index in [-0.39, 0.29) is 6.09 Å². The fourth-order valence-electron chi connectivity index (χ4n) is 2.81. The third-order valence-electron chi connectivity index (χ3n) is 4.13. The number of carbonyl (C=O) groups excluding carboxylic acids is 1. The van der Waals surface area contributed by atoms with Crippen molar-refractivity contribution in [3.05, 3.63) is 35.4 Å². The van der Waals surface area contributed by atoms with Crippen LogP contribution in [0.25, 0.3) is 0 Å². The smallest absolute Gasteiger partial charge is 0.410 e. The zero-order chi connectivity index (χ0) is 16.9. The van der Waals surface area contributed by atoms with Crippen LogP contribution in [0.2, 0.25) is 0 Å². The van der Waals surface area contributed by atoms with Crippen LogP contribution in [-0.2, 0) is 17.7 Å². The van der Waals surface area contributed by atoms with E-state index in [2.05, 4.69) is 36.5 Å². The Kier molecular flexibility index (Phi) is 6.05. The lowest BCUT2D eigenvalue weighted by molar-refractivity contribution is 0.0288. The lowest BCUT2D eigenvalue weighted by atomic mass is 10.1. The van der Waals surface area contributed by atoms with E-state index in [0.717, 1.165) is 39.0 Å². The third kappa shape index (κ3) is 5.87. The van der Waals surface area contributed by atoms with E-state index < -0.39 is 5.60 Å². The molecule has 1 aliphatic heterocycles. The molecule has 0 aromatic heterocycles. The maximum Gasteiger partial charge on any atom is 0.410 e. The highest BCUT2D eigenvalue weighted by molar-refractivity contribution is 5.68. The Morgan fingerprint density at radius 1 is 1.26 bits per heavy atom. The van der Waals surface area contributed by atoms with Crippen LogP contribution in [0.3, 0.4) is 0 Å². The summed E-state index contributed by atoms with van der Waals surface area (Å²) in [4.78, 5) is 13.9. The van der Waals surface area contributed by atoms with Gasteiger partial charge in [-0.25, -0.2) is 4.79 Å². The van der Waals surface area contributed by atoms with Gasteiger partial charge in [-0.15, -0.1) is 0 Å². The Hall–Kier alpha value is -1.55. The summed E-state index contributed by atoms with van der Waals surface area (Å²) >= 11 is 0. The van der Waals surface area contributed by atoms with Gasteiger partial charge in [0.05, 0.1) is 0 Å². The molecule has 1 unspecified atom stereocenters. The number of rotatable bonds is 5. The Bertz CT molecular complexity index is 505. The van der Waals surface area contributed by atoms with Crippen molar-refractivity contribution in [2.75, 3.05) is 19.6 Å². The lowest BCUT2D eigenvalue weighted by Crippen LogP contribution is -2.36. The number of hydrogen-bond donors (Lipinski definition) is 1. The molecule has 2 rings (SSSR count). The molecule has 1 atom stereocenters. The molecule has 0 saturated carbocycles. The highest BCUT2D eigenvalue weighted by Crippen LogP contribution is 2.19. The molecule has 1 aromatic carbocycles. The van der Waals surface area contributed by atoms with Gasteiger partial charge in [0.2, 0.25) is 0 Å². The van der Waals surface area contributed by atoms with Crippen LogP contribution in [0, 0.1) is 5.92 Å². The average Bonchev–Trinajstić information content (AvgIpc) is 2.95. The molecule has 0 bridgehead atoms. The molecule has 1 N–H and O–H groups in total. The molecule has 0 aliphatic carbocycles. The molecule has 0 spiro atoms. The molecule has 4 heteroatoms. The summed E-state index contributed by atoms with van der Waals surface area (Å²) in [6.07, 6.45) is 1.94. The number of nitrogens with zero attached hydrogens (tertiary/aromatic N) is 1. The minimum absolute atomic E-state index is 0.185. The normalized spacial score (nSPS) is 18.3. The highest BCUT2D eigenvalue weighted by Gasteiger charge is 2.29. The first-order valence-electron chi connectivity index (χ1n) is 8.64. The highest BCUT2D eigenvalue weighted by atomic mass is 16.6. The van der Waals surface area contributed by atoms with Crippen molar-refractivity contribution < 1.29 is 9.53 Å². The summed E-state index contributed by atoms with van der Waals surface area (Å²) in [7, 11) is 0. The van der Waals surface area contributed by atoms with E-state index in [0.29, 0.717) is 5.92 Å². The molecular weight excluding hydrogens is 288 g/mol. The van der Waals surface area contributed by atoms with Gasteiger partial charge in [0.15, 0.2) is 0 Å². The predicted molar refractivity (Wildman–Crippen MR) is 93.4 cm³/mol. The third-order valence-corrected chi connectivity index (χ3v) is 4.13. The standard InChI is InChI=1S/C19H30N2O2/c1-5-15-6-8-16(9-7-15)12-20-13-17-10-11-21(14-17)18(22)23-19(2,3)4/h6-9,17,20H,5,10-14H2,1-4H3. The second-order valence-electron chi connectivity index (χ2n) is 7.38. The van der Waals surface area contributed by atoms with E-state index in [1.165, 1.54) is 11.1 Å². The number of aryl methyl sites for hydroxylation is 1. The topological polar surface area (TPSA) is 41.6 Å². The van der Waals surface area contributed by atoms with Crippen LogP contribution in [0.15, 0.2) is 24.3 Å². The Labute approximate surface area is 140 Å². The first kappa shape index (κ1) is 17.8. The molecule has 1 fully saturated rings. The van der Waals surface area contributed by atoms with Crippen LogP contribution >= 0.6 is 0 Å². The van der Waals surface area contributed by atoms with Crippen molar-refractivity contribution in [1.82, 2.24) is 10.2 Å². The molecule has 23 heavy (non-hydrogen) atoms. The van der Waals surface area contributed by atoms with Crippen LogP contribution < -0.4 is 5.32 Å². The van der Waals surface area contributed by atoms with Crippen LogP contribution in [-0.4, -0.2) is 36.2 Å². The lowest BCUT2D eigenvalue weighted by Gasteiger charge is -2.24. The summed E-state index contributed by atoms with van der Waals surface area (Å²) in [6, 6.07) is 8.76. The van der Waals surface area contributed by atoms with Crippen molar-refractivity contribution in [3.63, 3.8) is 0 Å². The predicted octanol–water partition coefficient (Wildman–Crippen LogP) is 3.60. The van der Waals surface area contributed by atoms with Crippen LogP contribution in [0.5, 0.6) is 0 Å². The Morgan fingerprint density at radius 2 is 1.91 bits per heavy atom. The molecule has 1 aromatic rings. The Morgan fingerprint density at radius 3 is 2.52 bits per heavy atom. The van der Waals surface area contributed by atoms with Crippen molar-refractivity contribution >= 4 is 6.09 Å². The van der Waals surface area contributed by atoms with Crippen LogP contribution in [0.4, 0.5) is 4.79 Å². The zero-order valence-corrected chi connectivity index (χ0v) is 14.9. The first-order valence-corrected chi connectivity index (χ1v) is 8.64. The number of carbonyl (C=O) groups is 1. The number of hydrogen-bond acceptors (Lipinski definition) is 3. The van der Waals surface area contributed by atoms with Gasteiger partial charge in [-0.2, -0.15) is 0 Å². The quantitative estimate of drug-likeness (QED) is 0.902. The maximum atomic E-state index is 12.0. The SMILES string of the molecule is CCc1ccc(CNCC2CCN(C(=O)OC(C)(C)C)C2)cc1. The fourth-order valence-corrected chi connectivity index (χ4v) is 2.81. The van der Waals surface area contributed by atoms with Gasteiger partial charge >= 0.3 is 6.09 Å². The molecule has 4 nitrogen and oxygen atoms in total. The van der Waals surface area contributed by atoms with Gasteiger partial charge in [-0.05, 0) is 50.7 Å². The monoisotopic (exact) mass is 318 g/mol. The van der Waals surface area contributed by atoms with Gasteiger partial charge in [0.1, 0.15) is 5.60 Å². The number of ether oxygens (including phenoxy) is 1. The van der Waals surface area contributed by atoms with E-state index in [1.807, 2.05) is 25.7 Å². The van der Waals surface area contributed by atoms with E-state index in [9.17, 15) is 4.79 Å². The number of nitrogens with one attached hydrogen (secondary N) is 1. The summed E-state index contributed by atoms with van der Waals surface area (Å²) in [5.41, 5.74) is 2.26. The molecule has 1 aliphatic rings. The fraction of sp³-hybridized carbons (Fsp3) is 0.632. The van der Waals surface area contributed by atoms with Crippen molar-refractivity contribution in [2.45, 2.75) is 52.7 Å². The summed E-state index contributed by atoms with van der Waals surface area (Å²) in [5, 5.41) is 3.51. The molecule has 0 radical (unpaired) electrons. The molecule has 1 heterocycles. The minimum Gasteiger partial charge on any atom is -0.444 e. The zero-order valence-electron chi connectivity index (χ0n) is 14.9. The summed E-state index contributed by atoms with van der Waals surface area (Å²) in [5.74, 6) is 0.512. The summed E-state index contributed by atoms with van der Waals surface area (Å²) < 4.78 is 5.43.